The zero-order valence-electron chi connectivity index (χ0n) is 11.0. The summed E-state index contributed by atoms with van der Waals surface area (Å²) >= 11 is 0. The molecule has 3 nitrogen and oxygen atoms in total. The van der Waals surface area contributed by atoms with Gasteiger partial charge < -0.3 is 10.0 Å². The highest BCUT2D eigenvalue weighted by Crippen LogP contribution is 2.28. The minimum atomic E-state index is 0.0234. The number of aromatic hydroxyl groups is 1. The second-order valence-corrected chi connectivity index (χ2v) is 5.22. The molecule has 0 aliphatic carbocycles. The van der Waals surface area contributed by atoms with Crippen molar-refractivity contribution in [3.05, 3.63) is 41.5 Å². The minimum absolute atomic E-state index is 0.0234. The van der Waals surface area contributed by atoms with Crippen molar-refractivity contribution in [2.24, 2.45) is 0 Å². The maximum absolute atomic E-state index is 12.3. The number of benzene rings is 2. The molecule has 3 heteroatoms. The largest absolute Gasteiger partial charge is 0.507 e. The average Bonchev–Trinajstić information content (AvgIpc) is 2.92. The molecule has 1 heterocycles. The summed E-state index contributed by atoms with van der Waals surface area (Å²) < 4.78 is 0. The van der Waals surface area contributed by atoms with E-state index < -0.39 is 0 Å². The van der Waals surface area contributed by atoms with Crippen molar-refractivity contribution < 1.29 is 9.90 Å². The normalized spacial score (nSPS) is 15.1. The van der Waals surface area contributed by atoms with Crippen molar-refractivity contribution >= 4 is 16.7 Å². The van der Waals surface area contributed by atoms with E-state index >= 15 is 0 Å². The van der Waals surface area contributed by atoms with Crippen LogP contribution in [0.1, 0.15) is 28.8 Å². The van der Waals surface area contributed by atoms with E-state index in [-0.39, 0.29) is 11.7 Å². The standard InChI is InChI=1S/C16H17NO2/c1-11-4-5-12-9-13(10-15(18)14(12)8-11)16(19)17-6-2-3-7-17/h4-5,8-10,18H,2-3,6-7H2,1H3. The highest BCUT2D eigenvalue weighted by molar-refractivity contribution is 6.01. The van der Waals surface area contributed by atoms with Gasteiger partial charge in [-0.1, -0.05) is 17.7 Å². The number of carbonyl (C=O) groups excluding carboxylic acids is 1. The van der Waals surface area contributed by atoms with Gasteiger partial charge in [-0.05, 0) is 43.4 Å². The van der Waals surface area contributed by atoms with Crippen LogP contribution in [0.15, 0.2) is 30.3 Å². The molecule has 0 atom stereocenters. The lowest BCUT2D eigenvalue weighted by atomic mass is 10.0. The number of phenols is 1. The zero-order chi connectivity index (χ0) is 13.4. The number of hydrogen-bond acceptors (Lipinski definition) is 2. The van der Waals surface area contributed by atoms with Crippen molar-refractivity contribution in [3.63, 3.8) is 0 Å². The fourth-order valence-corrected chi connectivity index (χ4v) is 2.68. The monoisotopic (exact) mass is 255 g/mol. The lowest BCUT2D eigenvalue weighted by molar-refractivity contribution is 0.0792. The number of nitrogens with zero attached hydrogens (tertiary/aromatic N) is 1. The Kier molecular flexibility index (Phi) is 2.90. The summed E-state index contributed by atoms with van der Waals surface area (Å²) in [4.78, 5) is 14.2. The third-order valence-electron chi connectivity index (χ3n) is 3.73. The number of fused-ring (bicyclic) bond motifs is 1. The first-order valence-electron chi connectivity index (χ1n) is 6.68. The highest BCUT2D eigenvalue weighted by Gasteiger charge is 2.20. The van der Waals surface area contributed by atoms with Gasteiger partial charge in [0.25, 0.3) is 5.91 Å². The maximum atomic E-state index is 12.3. The summed E-state index contributed by atoms with van der Waals surface area (Å²) in [7, 11) is 0. The summed E-state index contributed by atoms with van der Waals surface area (Å²) in [6.45, 7) is 3.64. The number of hydrogen-bond donors (Lipinski definition) is 1. The highest BCUT2D eigenvalue weighted by atomic mass is 16.3. The van der Waals surface area contributed by atoms with E-state index in [0.29, 0.717) is 5.56 Å². The molecule has 1 aliphatic rings. The molecule has 0 radical (unpaired) electrons. The van der Waals surface area contributed by atoms with Crippen LogP contribution in [0, 0.1) is 6.92 Å². The quantitative estimate of drug-likeness (QED) is 0.850. The topological polar surface area (TPSA) is 40.5 Å². The van der Waals surface area contributed by atoms with Gasteiger partial charge in [0.15, 0.2) is 0 Å². The molecule has 0 bridgehead atoms. The summed E-state index contributed by atoms with van der Waals surface area (Å²) in [5.41, 5.74) is 1.68. The van der Waals surface area contributed by atoms with Crippen LogP contribution in [-0.2, 0) is 0 Å². The van der Waals surface area contributed by atoms with E-state index in [2.05, 4.69) is 0 Å². The number of aryl methyl sites for hydroxylation is 1. The molecule has 1 saturated heterocycles. The van der Waals surface area contributed by atoms with Crippen LogP contribution < -0.4 is 0 Å². The Balaban J connectivity index is 2.05. The molecule has 98 valence electrons. The second-order valence-electron chi connectivity index (χ2n) is 5.22. The van der Waals surface area contributed by atoms with Crippen LogP contribution in [0.3, 0.4) is 0 Å². The SMILES string of the molecule is Cc1ccc2cc(C(=O)N3CCCC3)cc(O)c2c1. The molecule has 1 fully saturated rings. The van der Waals surface area contributed by atoms with Crippen LogP contribution in [0.4, 0.5) is 0 Å². The number of likely N-dealkylation sites (tertiary alicyclic amines) is 1. The fraction of sp³-hybridized carbons (Fsp3) is 0.312. The smallest absolute Gasteiger partial charge is 0.254 e. The summed E-state index contributed by atoms with van der Waals surface area (Å²) in [6, 6.07) is 9.34. The predicted molar refractivity (Wildman–Crippen MR) is 75.5 cm³/mol. The molecular formula is C16H17NO2. The van der Waals surface area contributed by atoms with Crippen molar-refractivity contribution in [3.8, 4) is 5.75 Å². The third kappa shape index (κ3) is 2.16. The number of amides is 1. The number of carbonyl (C=O) groups is 1. The van der Waals surface area contributed by atoms with Crippen LogP contribution in [0.25, 0.3) is 10.8 Å². The van der Waals surface area contributed by atoms with Gasteiger partial charge in [-0.3, -0.25) is 4.79 Å². The Labute approximate surface area is 112 Å². The van der Waals surface area contributed by atoms with Crippen LogP contribution >= 0.6 is 0 Å². The molecule has 2 aromatic carbocycles. The van der Waals surface area contributed by atoms with Crippen molar-refractivity contribution in [2.45, 2.75) is 19.8 Å². The Bertz CT molecular complexity index is 642. The van der Waals surface area contributed by atoms with Gasteiger partial charge in [0.1, 0.15) is 5.75 Å². The molecule has 0 spiro atoms. The lowest BCUT2D eigenvalue weighted by Crippen LogP contribution is -2.27. The summed E-state index contributed by atoms with van der Waals surface area (Å²) in [6.07, 6.45) is 2.15. The Morgan fingerprint density at radius 1 is 1.16 bits per heavy atom. The zero-order valence-corrected chi connectivity index (χ0v) is 11.0. The van der Waals surface area contributed by atoms with E-state index in [9.17, 15) is 9.90 Å². The minimum Gasteiger partial charge on any atom is -0.507 e. The second kappa shape index (κ2) is 4.57. The molecule has 2 aromatic rings. The molecule has 0 saturated carbocycles. The van der Waals surface area contributed by atoms with Crippen molar-refractivity contribution in [1.29, 1.82) is 0 Å². The van der Waals surface area contributed by atoms with Gasteiger partial charge in [0, 0.05) is 24.0 Å². The number of rotatable bonds is 1. The van der Waals surface area contributed by atoms with Crippen molar-refractivity contribution in [2.75, 3.05) is 13.1 Å². The Hall–Kier alpha value is -2.03. The predicted octanol–water partition coefficient (Wildman–Crippen LogP) is 3.09. The molecule has 1 amide bonds. The fourth-order valence-electron chi connectivity index (χ4n) is 2.68. The molecule has 0 aromatic heterocycles. The van der Waals surface area contributed by atoms with Crippen molar-refractivity contribution in [1.82, 2.24) is 4.90 Å². The van der Waals surface area contributed by atoms with Crippen LogP contribution in [0.5, 0.6) is 5.75 Å². The van der Waals surface area contributed by atoms with Crippen LogP contribution in [0.2, 0.25) is 0 Å². The van der Waals surface area contributed by atoms with Gasteiger partial charge >= 0.3 is 0 Å². The number of phenolic OH excluding ortho intramolecular Hbond substituents is 1. The van der Waals surface area contributed by atoms with Gasteiger partial charge in [0.05, 0.1) is 0 Å². The van der Waals surface area contributed by atoms with Crippen LogP contribution in [-0.4, -0.2) is 29.0 Å². The molecular weight excluding hydrogens is 238 g/mol. The molecule has 1 N–H and O–H groups in total. The Morgan fingerprint density at radius 2 is 1.89 bits per heavy atom. The summed E-state index contributed by atoms with van der Waals surface area (Å²) in [5.74, 6) is 0.207. The van der Waals surface area contributed by atoms with E-state index in [1.54, 1.807) is 6.07 Å². The van der Waals surface area contributed by atoms with E-state index in [0.717, 1.165) is 42.3 Å². The van der Waals surface area contributed by atoms with Gasteiger partial charge in [0.2, 0.25) is 0 Å². The first-order valence-corrected chi connectivity index (χ1v) is 6.68. The Morgan fingerprint density at radius 3 is 2.63 bits per heavy atom. The summed E-state index contributed by atoms with van der Waals surface area (Å²) in [5, 5.41) is 11.8. The first kappa shape index (κ1) is 12.0. The molecule has 3 rings (SSSR count). The molecule has 19 heavy (non-hydrogen) atoms. The van der Waals surface area contributed by atoms with Gasteiger partial charge in [-0.2, -0.15) is 0 Å². The van der Waals surface area contributed by atoms with E-state index in [4.69, 9.17) is 0 Å². The lowest BCUT2D eigenvalue weighted by Gasteiger charge is -2.16. The maximum Gasteiger partial charge on any atom is 0.254 e. The first-order chi connectivity index (χ1) is 9.15. The van der Waals surface area contributed by atoms with E-state index in [1.165, 1.54) is 0 Å². The van der Waals surface area contributed by atoms with Gasteiger partial charge in [-0.25, -0.2) is 0 Å². The third-order valence-corrected chi connectivity index (χ3v) is 3.73. The molecule has 0 unspecified atom stereocenters. The van der Waals surface area contributed by atoms with E-state index in [1.807, 2.05) is 36.1 Å². The average molecular weight is 255 g/mol. The van der Waals surface area contributed by atoms with Gasteiger partial charge in [-0.15, -0.1) is 0 Å². The molecule has 1 aliphatic heterocycles.